The van der Waals surface area contributed by atoms with Crippen molar-refractivity contribution in [2.45, 2.75) is 6.92 Å². The summed E-state index contributed by atoms with van der Waals surface area (Å²) in [7, 11) is 1.30. The number of carbonyl (C=O) groups excluding carboxylic acids is 3. The van der Waals surface area contributed by atoms with Crippen LogP contribution in [0.4, 0.5) is 0 Å². The lowest BCUT2D eigenvalue weighted by Crippen LogP contribution is -2.14. The van der Waals surface area contributed by atoms with E-state index < -0.39 is 17.9 Å². The van der Waals surface area contributed by atoms with Gasteiger partial charge in [-0.25, -0.2) is 14.4 Å². The molecular formula is C19H18O6. The number of hydrogen-bond donors (Lipinski definition) is 0. The maximum Gasteiger partial charge on any atom is 0.338 e. The zero-order valence-electron chi connectivity index (χ0n) is 14.0. The first-order chi connectivity index (χ1) is 12.0. The van der Waals surface area contributed by atoms with Crippen LogP contribution in [-0.2, 0) is 19.0 Å². The Hall–Kier alpha value is -3.15. The lowest BCUT2D eigenvalue weighted by molar-refractivity contribution is -0.140. The molecule has 0 N–H and O–H groups in total. The van der Waals surface area contributed by atoms with Gasteiger partial charge in [-0.15, -0.1) is 0 Å². The van der Waals surface area contributed by atoms with Crippen molar-refractivity contribution in [3.8, 4) is 0 Å². The lowest BCUT2D eigenvalue weighted by atomic mass is 10.00. The van der Waals surface area contributed by atoms with Gasteiger partial charge in [0.05, 0.1) is 18.2 Å². The molecule has 130 valence electrons. The molecule has 2 rings (SSSR count). The zero-order valence-corrected chi connectivity index (χ0v) is 14.0. The van der Waals surface area contributed by atoms with Crippen LogP contribution in [0.5, 0.6) is 0 Å². The summed E-state index contributed by atoms with van der Waals surface area (Å²) in [6.07, 6.45) is 0. The molecule has 0 aliphatic carbocycles. The van der Waals surface area contributed by atoms with E-state index in [0.29, 0.717) is 21.9 Å². The summed E-state index contributed by atoms with van der Waals surface area (Å²) in [6, 6.07) is 10.0. The van der Waals surface area contributed by atoms with Crippen LogP contribution in [0.25, 0.3) is 10.8 Å². The first kappa shape index (κ1) is 18.2. The fraction of sp³-hybridized carbons (Fsp3) is 0.211. The molecule has 0 bridgehead atoms. The van der Waals surface area contributed by atoms with E-state index in [1.807, 2.05) is 0 Å². The van der Waals surface area contributed by atoms with Gasteiger partial charge in [0.1, 0.15) is 13.2 Å². The fourth-order valence-electron chi connectivity index (χ4n) is 2.25. The molecule has 0 aliphatic heterocycles. The minimum Gasteiger partial charge on any atom is -0.465 e. The highest BCUT2D eigenvalue weighted by Gasteiger charge is 2.16. The minimum absolute atomic E-state index is 0.0599. The average molecular weight is 342 g/mol. The maximum atomic E-state index is 12.3. The van der Waals surface area contributed by atoms with Crippen molar-refractivity contribution >= 4 is 28.7 Å². The SMILES string of the molecule is C=C(C)C(=O)OCCOC(=O)c1cccc2c(C(=O)OC)cccc12. The van der Waals surface area contributed by atoms with Gasteiger partial charge in [0, 0.05) is 5.57 Å². The van der Waals surface area contributed by atoms with E-state index in [-0.39, 0.29) is 18.8 Å². The van der Waals surface area contributed by atoms with Crippen LogP contribution < -0.4 is 0 Å². The molecule has 0 atom stereocenters. The number of esters is 3. The molecular weight excluding hydrogens is 324 g/mol. The van der Waals surface area contributed by atoms with E-state index in [9.17, 15) is 14.4 Å². The Bertz CT molecular complexity index is 837. The highest BCUT2D eigenvalue weighted by Crippen LogP contribution is 2.23. The second-order valence-electron chi connectivity index (χ2n) is 5.25. The molecule has 25 heavy (non-hydrogen) atoms. The fourth-order valence-corrected chi connectivity index (χ4v) is 2.25. The highest BCUT2D eigenvalue weighted by molar-refractivity contribution is 6.11. The molecule has 0 spiro atoms. The Morgan fingerprint density at radius 3 is 1.92 bits per heavy atom. The van der Waals surface area contributed by atoms with E-state index in [1.54, 1.807) is 36.4 Å². The van der Waals surface area contributed by atoms with E-state index in [2.05, 4.69) is 6.58 Å². The Kier molecular flexibility index (Phi) is 5.89. The van der Waals surface area contributed by atoms with Gasteiger partial charge in [0.2, 0.25) is 0 Å². The van der Waals surface area contributed by atoms with Gasteiger partial charge in [-0.1, -0.05) is 30.8 Å². The summed E-state index contributed by atoms with van der Waals surface area (Å²) < 4.78 is 14.8. The summed E-state index contributed by atoms with van der Waals surface area (Å²) in [5.41, 5.74) is 0.954. The molecule has 0 radical (unpaired) electrons. The van der Waals surface area contributed by atoms with Gasteiger partial charge in [0.15, 0.2) is 0 Å². The van der Waals surface area contributed by atoms with Crippen molar-refractivity contribution in [3.05, 3.63) is 59.7 Å². The van der Waals surface area contributed by atoms with Gasteiger partial charge in [-0.05, 0) is 29.8 Å². The van der Waals surface area contributed by atoms with Crippen LogP contribution in [0.15, 0.2) is 48.6 Å². The predicted octanol–water partition coefficient (Wildman–Crippen LogP) is 2.90. The summed E-state index contributed by atoms with van der Waals surface area (Å²) in [5.74, 6) is -1.59. The van der Waals surface area contributed by atoms with E-state index in [0.717, 1.165) is 0 Å². The van der Waals surface area contributed by atoms with E-state index >= 15 is 0 Å². The van der Waals surface area contributed by atoms with Crippen LogP contribution in [0.3, 0.4) is 0 Å². The first-order valence-corrected chi connectivity index (χ1v) is 7.55. The summed E-state index contributed by atoms with van der Waals surface area (Å²) in [4.78, 5) is 35.4. The van der Waals surface area contributed by atoms with E-state index in [1.165, 1.54) is 14.0 Å². The third-order valence-corrected chi connectivity index (χ3v) is 3.45. The average Bonchev–Trinajstić information content (AvgIpc) is 2.62. The van der Waals surface area contributed by atoms with Crippen molar-refractivity contribution in [1.29, 1.82) is 0 Å². The van der Waals surface area contributed by atoms with Gasteiger partial charge in [-0.2, -0.15) is 0 Å². The Morgan fingerprint density at radius 2 is 1.40 bits per heavy atom. The quantitative estimate of drug-likeness (QED) is 0.348. The number of methoxy groups -OCH3 is 1. The second kappa shape index (κ2) is 8.10. The maximum absolute atomic E-state index is 12.3. The lowest BCUT2D eigenvalue weighted by Gasteiger charge is -2.10. The van der Waals surface area contributed by atoms with Gasteiger partial charge in [-0.3, -0.25) is 0 Å². The monoisotopic (exact) mass is 342 g/mol. The molecule has 0 heterocycles. The zero-order chi connectivity index (χ0) is 18.4. The van der Waals surface area contributed by atoms with Crippen LogP contribution >= 0.6 is 0 Å². The number of benzene rings is 2. The van der Waals surface area contributed by atoms with Crippen LogP contribution in [0.1, 0.15) is 27.6 Å². The van der Waals surface area contributed by atoms with Crippen molar-refractivity contribution in [3.63, 3.8) is 0 Å². The van der Waals surface area contributed by atoms with Gasteiger partial charge < -0.3 is 14.2 Å². The number of ether oxygens (including phenoxy) is 3. The van der Waals surface area contributed by atoms with Crippen molar-refractivity contribution in [2.24, 2.45) is 0 Å². The molecule has 2 aromatic carbocycles. The smallest absolute Gasteiger partial charge is 0.338 e. The molecule has 0 fully saturated rings. The van der Waals surface area contributed by atoms with Crippen molar-refractivity contribution in [2.75, 3.05) is 20.3 Å². The Morgan fingerprint density at radius 1 is 0.880 bits per heavy atom. The molecule has 0 saturated carbocycles. The van der Waals surface area contributed by atoms with Gasteiger partial charge >= 0.3 is 17.9 Å². The molecule has 2 aromatic rings. The van der Waals surface area contributed by atoms with E-state index in [4.69, 9.17) is 14.2 Å². The molecule has 0 aromatic heterocycles. The molecule has 0 aliphatic rings. The van der Waals surface area contributed by atoms with Gasteiger partial charge in [0.25, 0.3) is 0 Å². The number of hydrogen-bond acceptors (Lipinski definition) is 6. The highest BCUT2D eigenvalue weighted by atomic mass is 16.6. The number of carbonyl (C=O) groups is 3. The molecule has 0 amide bonds. The Balaban J connectivity index is 2.15. The molecule has 0 saturated heterocycles. The molecule has 6 heteroatoms. The topological polar surface area (TPSA) is 78.9 Å². The molecule has 0 unspecified atom stereocenters. The summed E-state index contributed by atoms with van der Waals surface area (Å²) >= 11 is 0. The molecule has 6 nitrogen and oxygen atoms in total. The number of fused-ring (bicyclic) bond motifs is 1. The second-order valence-corrected chi connectivity index (χ2v) is 5.25. The van der Waals surface area contributed by atoms with Crippen LogP contribution in [-0.4, -0.2) is 38.2 Å². The van der Waals surface area contributed by atoms with Crippen LogP contribution in [0, 0.1) is 0 Å². The summed E-state index contributed by atoms with van der Waals surface area (Å²) in [6.45, 7) is 4.85. The first-order valence-electron chi connectivity index (χ1n) is 7.55. The third kappa shape index (κ3) is 4.23. The predicted molar refractivity (Wildman–Crippen MR) is 91.3 cm³/mol. The van der Waals surface area contributed by atoms with Crippen molar-refractivity contribution in [1.82, 2.24) is 0 Å². The minimum atomic E-state index is -0.570. The Labute approximate surface area is 145 Å². The third-order valence-electron chi connectivity index (χ3n) is 3.45. The summed E-state index contributed by atoms with van der Waals surface area (Å²) in [5, 5.41) is 1.17. The van der Waals surface area contributed by atoms with Crippen molar-refractivity contribution < 1.29 is 28.6 Å². The largest absolute Gasteiger partial charge is 0.465 e. The van der Waals surface area contributed by atoms with Crippen LogP contribution in [0.2, 0.25) is 0 Å². The normalized spacial score (nSPS) is 10.2. The number of rotatable bonds is 6. The standard InChI is InChI=1S/C19H18O6/c1-12(2)17(20)24-10-11-25-19(22)16-9-5-6-13-14(16)7-4-8-15(13)18(21)23-3/h4-9H,1,10-11H2,2-3H3.